The molecule has 0 spiro atoms. The normalized spacial score (nSPS) is 10.4. The molecule has 0 heterocycles. The highest BCUT2D eigenvalue weighted by Crippen LogP contribution is 2.24. The van der Waals surface area contributed by atoms with Gasteiger partial charge in [0.05, 0.1) is 0 Å². The van der Waals surface area contributed by atoms with E-state index in [4.69, 9.17) is 0 Å². The third kappa shape index (κ3) is 3.07. The zero-order valence-corrected chi connectivity index (χ0v) is 11.4. The fourth-order valence-corrected chi connectivity index (χ4v) is 1.84. The second kappa shape index (κ2) is 5.82. The van der Waals surface area contributed by atoms with Crippen LogP contribution in [0.4, 0.5) is 5.69 Å². The number of aryl methyl sites for hydroxylation is 1. The van der Waals surface area contributed by atoms with Crippen molar-refractivity contribution in [2.75, 3.05) is 25.5 Å². The molecule has 1 N–H and O–H groups in total. The van der Waals surface area contributed by atoms with Crippen molar-refractivity contribution in [2.45, 2.75) is 27.2 Å². The summed E-state index contributed by atoms with van der Waals surface area (Å²) in [6.45, 7) is 6.97. The highest BCUT2D eigenvalue weighted by atomic mass is 16.2. The summed E-state index contributed by atoms with van der Waals surface area (Å²) < 4.78 is 0. The Kier molecular flexibility index (Phi) is 4.70. The van der Waals surface area contributed by atoms with Crippen molar-refractivity contribution in [1.82, 2.24) is 5.32 Å². The van der Waals surface area contributed by atoms with Gasteiger partial charge in [0.2, 0.25) is 5.91 Å². The molecule has 0 saturated heterocycles. The van der Waals surface area contributed by atoms with Crippen molar-refractivity contribution in [1.29, 1.82) is 0 Å². The van der Waals surface area contributed by atoms with Gasteiger partial charge in [-0.2, -0.15) is 0 Å². The molecule has 0 radical (unpaired) electrons. The molecule has 3 nitrogen and oxygen atoms in total. The van der Waals surface area contributed by atoms with Gasteiger partial charge in [-0.1, -0.05) is 6.07 Å². The fourth-order valence-electron chi connectivity index (χ4n) is 1.84. The van der Waals surface area contributed by atoms with Crippen LogP contribution in [0.15, 0.2) is 12.1 Å². The van der Waals surface area contributed by atoms with Gasteiger partial charge in [0.1, 0.15) is 0 Å². The lowest BCUT2D eigenvalue weighted by atomic mass is 10.0. The molecule has 1 aromatic rings. The van der Waals surface area contributed by atoms with E-state index in [1.165, 1.54) is 16.7 Å². The smallest absolute Gasteiger partial charge is 0.228 e. The van der Waals surface area contributed by atoms with E-state index in [-0.39, 0.29) is 5.91 Å². The Morgan fingerprint density at radius 2 is 1.88 bits per heavy atom. The number of rotatable bonds is 4. The number of nitrogens with zero attached hydrogens (tertiary/aromatic N) is 1. The van der Waals surface area contributed by atoms with Crippen LogP contribution in [-0.2, 0) is 4.79 Å². The van der Waals surface area contributed by atoms with E-state index in [1.807, 2.05) is 20.2 Å². The molecule has 94 valence electrons. The first kappa shape index (κ1) is 13.7. The maximum absolute atomic E-state index is 11.9. The summed E-state index contributed by atoms with van der Waals surface area (Å²) in [6, 6.07) is 4.09. The van der Waals surface area contributed by atoms with Crippen LogP contribution < -0.4 is 10.2 Å². The van der Waals surface area contributed by atoms with E-state index in [9.17, 15) is 4.79 Å². The van der Waals surface area contributed by atoms with Gasteiger partial charge in [-0.25, -0.2) is 0 Å². The van der Waals surface area contributed by atoms with Crippen LogP contribution in [0.2, 0.25) is 0 Å². The van der Waals surface area contributed by atoms with Crippen molar-refractivity contribution in [3.05, 3.63) is 28.8 Å². The van der Waals surface area contributed by atoms with E-state index in [2.05, 4.69) is 32.2 Å². The number of benzene rings is 1. The summed E-state index contributed by atoms with van der Waals surface area (Å²) >= 11 is 0. The number of hydrogen-bond donors (Lipinski definition) is 1. The lowest BCUT2D eigenvalue weighted by molar-refractivity contribution is -0.118. The van der Waals surface area contributed by atoms with Crippen LogP contribution in [-0.4, -0.2) is 26.5 Å². The summed E-state index contributed by atoms with van der Waals surface area (Å²) in [4.78, 5) is 13.7. The van der Waals surface area contributed by atoms with Crippen molar-refractivity contribution in [2.24, 2.45) is 0 Å². The molecule has 17 heavy (non-hydrogen) atoms. The number of nitrogens with one attached hydrogen (secondary N) is 1. The minimum Gasteiger partial charge on any atom is -0.319 e. The van der Waals surface area contributed by atoms with Gasteiger partial charge in [-0.05, 0) is 50.6 Å². The van der Waals surface area contributed by atoms with Gasteiger partial charge in [0.25, 0.3) is 0 Å². The lowest BCUT2D eigenvalue weighted by Gasteiger charge is -2.21. The maximum atomic E-state index is 11.9. The number of hydrogen-bond acceptors (Lipinski definition) is 2. The average Bonchev–Trinajstić information content (AvgIpc) is 2.32. The molecule has 1 rings (SSSR count). The number of carbonyl (C=O) groups excluding carboxylic acids is 1. The van der Waals surface area contributed by atoms with Crippen molar-refractivity contribution in [3.8, 4) is 0 Å². The molecule has 0 bridgehead atoms. The third-order valence-electron chi connectivity index (χ3n) is 3.35. The second-order valence-electron chi connectivity index (χ2n) is 4.46. The van der Waals surface area contributed by atoms with E-state index in [0.717, 1.165) is 5.69 Å². The Labute approximate surface area is 104 Å². The molecular formula is C14H22N2O. The predicted molar refractivity (Wildman–Crippen MR) is 72.6 cm³/mol. The summed E-state index contributed by atoms with van der Waals surface area (Å²) in [7, 11) is 3.70. The molecule has 0 aliphatic carbocycles. The summed E-state index contributed by atoms with van der Waals surface area (Å²) in [6.07, 6.45) is 0.527. The highest BCUT2D eigenvalue weighted by Gasteiger charge is 2.13. The molecule has 1 aromatic carbocycles. The number of amides is 1. The predicted octanol–water partition coefficient (Wildman–Crippen LogP) is 2.18. The summed E-state index contributed by atoms with van der Waals surface area (Å²) in [5.41, 5.74) is 4.72. The van der Waals surface area contributed by atoms with Crippen LogP contribution in [0.3, 0.4) is 0 Å². The molecule has 0 fully saturated rings. The second-order valence-corrected chi connectivity index (χ2v) is 4.46. The molecule has 1 amide bonds. The Hall–Kier alpha value is -1.35. The number of carbonyl (C=O) groups is 1. The van der Waals surface area contributed by atoms with Gasteiger partial charge in [0, 0.05) is 25.7 Å². The van der Waals surface area contributed by atoms with Crippen molar-refractivity contribution in [3.63, 3.8) is 0 Å². The van der Waals surface area contributed by atoms with Gasteiger partial charge in [-0.3, -0.25) is 4.79 Å². The molecular weight excluding hydrogens is 212 g/mol. The molecule has 0 aliphatic rings. The zero-order valence-electron chi connectivity index (χ0n) is 11.4. The van der Waals surface area contributed by atoms with Gasteiger partial charge in [-0.15, -0.1) is 0 Å². The largest absolute Gasteiger partial charge is 0.319 e. The van der Waals surface area contributed by atoms with Gasteiger partial charge >= 0.3 is 0 Å². The maximum Gasteiger partial charge on any atom is 0.228 e. The zero-order chi connectivity index (χ0) is 13.0. The topological polar surface area (TPSA) is 32.3 Å². The Balaban J connectivity index is 2.93. The van der Waals surface area contributed by atoms with Crippen LogP contribution in [0.1, 0.15) is 23.1 Å². The Bertz CT molecular complexity index is 413. The van der Waals surface area contributed by atoms with E-state index in [1.54, 1.807) is 4.90 Å². The van der Waals surface area contributed by atoms with Crippen molar-refractivity contribution >= 4 is 11.6 Å². The first-order chi connectivity index (χ1) is 7.99. The standard InChI is InChI=1S/C14H22N2O/c1-10-6-7-13(12(3)11(10)2)16(5)14(17)8-9-15-4/h6-7,15H,8-9H2,1-5H3. The molecule has 0 atom stereocenters. The van der Waals surface area contributed by atoms with Gasteiger partial charge < -0.3 is 10.2 Å². The SMILES string of the molecule is CNCCC(=O)N(C)c1ccc(C)c(C)c1C. The highest BCUT2D eigenvalue weighted by molar-refractivity contribution is 5.93. The molecule has 3 heteroatoms. The van der Waals surface area contributed by atoms with Crippen LogP contribution in [0.25, 0.3) is 0 Å². The molecule has 0 aliphatic heterocycles. The fraction of sp³-hybridized carbons (Fsp3) is 0.500. The lowest BCUT2D eigenvalue weighted by Crippen LogP contribution is -2.29. The quantitative estimate of drug-likeness (QED) is 0.866. The first-order valence-electron chi connectivity index (χ1n) is 5.97. The molecule has 0 aromatic heterocycles. The van der Waals surface area contributed by atoms with E-state index in [0.29, 0.717) is 13.0 Å². The van der Waals surface area contributed by atoms with Crippen LogP contribution in [0, 0.1) is 20.8 Å². The van der Waals surface area contributed by atoms with Gasteiger partial charge in [0.15, 0.2) is 0 Å². The minimum absolute atomic E-state index is 0.144. The molecule has 0 saturated carbocycles. The Morgan fingerprint density at radius 1 is 1.24 bits per heavy atom. The minimum atomic E-state index is 0.144. The third-order valence-corrected chi connectivity index (χ3v) is 3.35. The Morgan fingerprint density at radius 3 is 2.47 bits per heavy atom. The summed E-state index contributed by atoms with van der Waals surface area (Å²) in [5, 5.41) is 2.99. The van der Waals surface area contributed by atoms with Crippen LogP contribution >= 0.6 is 0 Å². The average molecular weight is 234 g/mol. The monoisotopic (exact) mass is 234 g/mol. The van der Waals surface area contributed by atoms with Crippen molar-refractivity contribution < 1.29 is 4.79 Å². The van der Waals surface area contributed by atoms with Crippen LogP contribution in [0.5, 0.6) is 0 Å². The first-order valence-corrected chi connectivity index (χ1v) is 5.97. The summed E-state index contributed by atoms with van der Waals surface area (Å²) in [5.74, 6) is 0.144. The molecule has 0 unspecified atom stereocenters. The van der Waals surface area contributed by atoms with E-state index >= 15 is 0 Å². The van der Waals surface area contributed by atoms with E-state index < -0.39 is 0 Å². The number of anilines is 1.